The van der Waals surface area contributed by atoms with Gasteiger partial charge in [-0.3, -0.25) is 0 Å². The van der Waals surface area contributed by atoms with Gasteiger partial charge in [0.05, 0.1) is 14.2 Å². The zero-order valence-corrected chi connectivity index (χ0v) is 32.8. The molecule has 0 amide bonds. The molecule has 8 aromatic carbocycles. The molecule has 0 atom stereocenters. The molecule has 0 fully saturated rings. The van der Waals surface area contributed by atoms with Crippen LogP contribution in [-0.2, 0) is 0 Å². The molecule has 0 radical (unpaired) electrons. The Labute approximate surface area is 342 Å². The Morgan fingerprint density at radius 1 is 0.345 bits per heavy atom. The predicted octanol–water partition coefficient (Wildman–Crippen LogP) is 14.4. The zero-order chi connectivity index (χ0) is 39.5. The largest absolute Gasteiger partial charge is 0.496 e. The summed E-state index contributed by atoms with van der Waals surface area (Å²) in [4.78, 5) is 0. The summed E-state index contributed by atoms with van der Waals surface area (Å²) in [5.74, 6) is 1.64. The van der Waals surface area contributed by atoms with Crippen molar-refractivity contribution in [3.8, 4) is 11.5 Å². The zero-order valence-electron chi connectivity index (χ0n) is 32.8. The molecule has 0 aliphatic rings. The first kappa shape index (κ1) is 37.5. The van der Waals surface area contributed by atoms with Crippen molar-refractivity contribution in [1.82, 2.24) is 0 Å². The van der Waals surface area contributed by atoms with Gasteiger partial charge in [-0.1, -0.05) is 194 Å². The number of hydrogen-bond donors (Lipinski definition) is 0. The molecular formula is C56H44O2. The summed E-state index contributed by atoms with van der Waals surface area (Å²) in [6.07, 6.45) is 13.1. The van der Waals surface area contributed by atoms with E-state index in [2.05, 4.69) is 206 Å². The summed E-state index contributed by atoms with van der Waals surface area (Å²) in [6, 6.07) is 67.8. The quantitative estimate of drug-likeness (QED) is 0.116. The van der Waals surface area contributed by atoms with Crippen LogP contribution in [0, 0.1) is 0 Å². The highest BCUT2D eigenvalue weighted by Gasteiger charge is 2.10. The lowest BCUT2D eigenvalue weighted by Gasteiger charge is -2.12. The van der Waals surface area contributed by atoms with Crippen molar-refractivity contribution < 1.29 is 9.47 Å². The standard InChI is InChI=1S/C56H44O2/c1-57-55-37-41(30-33-50(55)39-53(44-17-7-3-8-18-44)45-19-9-4-10-20-45)27-28-43-35-48-25-15-16-26-52(48)49(36-43)32-29-42-31-34-51(56(38-42)58-2)40-54(46-21-11-5-12-22-46)47-23-13-6-14-24-47/h3-40H,1-2H3/b28-27-,32-29-. The first-order valence-electron chi connectivity index (χ1n) is 19.6. The normalized spacial score (nSPS) is 11.1. The van der Waals surface area contributed by atoms with Crippen molar-refractivity contribution in [3.63, 3.8) is 0 Å². The Balaban J connectivity index is 1.08. The van der Waals surface area contributed by atoms with E-state index >= 15 is 0 Å². The first-order chi connectivity index (χ1) is 28.6. The monoisotopic (exact) mass is 748 g/mol. The van der Waals surface area contributed by atoms with Gasteiger partial charge in [-0.2, -0.15) is 0 Å². The average molecular weight is 749 g/mol. The lowest BCUT2D eigenvalue weighted by molar-refractivity contribution is 0.413. The number of hydrogen-bond acceptors (Lipinski definition) is 2. The molecule has 58 heavy (non-hydrogen) atoms. The first-order valence-corrected chi connectivity index (χ1v) is 19.6. The van der Waals surface area contributed by atoms with Crippen LogP contribution in [0.25, 0.3) is 58.4 Å². The van der Waals surface area contributed by atoms with Crippen LogP contribution in [0.5, 0.6) is 11.5 Å². The highest BCUT2D eigenvalue weighted by atomic mass is 16.5. The maximum atomic E-state index is 5.96. The molecule has 0 spiro atoms. The second-order valence-corrected chi connectivity index (χ2v) is 14.1. The molecule has 280 valence electrons. The number of methoxy groups -OCH3 is 2. The van der Waals surface area contributed by atoms with E-state index in [0.29, 0.717) is 0 Å². The van der Waals surface area contributed by atoms with Crippen molar-refractivity contribution in [2.45, 2.75) is 0 Å². The van der Waals surface area contributed by atoms with Crippen LogP contribution in [-0.4, -0.2) is 14.2 Å². The summed E-state index contributed by atoms with van der Waals surface area (Å²) >= 11 is 0. The maximum absolute atomic E-state index is 5.96. The fourth-order valence-electron chi connectivity index (χ4n) is 7.33. The van der Waals surface area contributed by atoms with Crippen molar-refractivity contribution in [3.05, 3.63) is 250 Å². The van der Waals surface area contributed by atoms with Crippen LogP contribution < -0.4 is 9.47 Å². The molecular weight excluding hydrogens is 705 g/mol. The summed E-state index contributed by atoms with van der Waals surface area (Å²) in [5.41, 5.74) is 13.3. The highest BCUT2D eigenvalue weighted by molar-refractivity contribution is 5.96. The van der Waals surface area contributed by atoms with Gasteiger partial charge >= 0.3 is 0 Å². The van der Waals surface area contributed by atoms with Crippen LogP contribution in [0.15, 0.2) is 194 Å². The highest BCUT2D eigenvalue weighted by Crippen LogP contribution is 2.33. The Bertz CT molecular complexity index is 2680. The second-order valence-electron chi connectivity index (χ2n) is 14.1. The number of rotatable bonds is 12. The van der Waals surface area contributed by atoms with Crippen LogP contribution in [0.1, 0.15) is 55.6 Å². The fraction of sp³-hybridized carbons (Fsp3) is 0.0357. The predicted molar refractivity (Wildman–Crippen MR) is 248 cm³/mol. The number of ether oxygens (including phenoxy) is 2. The molecule has 0 saturated heterocycles. The third-order valence-corrected chi connectivity index (χ3v) is 10.3. The smallest absolute Gasteiger partial charge is 0.126 e. The molecule has 0 saturated carbocycles. The Morgan fingerprint density at radius 2 is 0.741 bits per heavy atom. The maximum Gasteiger partial charge on any atom is 0.126 e. The molecule has 0 aromatic heterocycles. The fourth-order valence-corrected chi connectivity index (χ4v) is 7.33. The minimum absolute atomic E-state index is 0.821. The van der Waals surface area contributed by atoms with Gasteiger partial charge in [0.25, 0.3) is 0 Å². The molecule has 0 N–H and O–H groups in total. The van der Waals surface area contributed by atoms with E-state index in [9.17, 15) is 0 Å². The van der Waals surface area contributed by atoms with Gasteiger partial charge in [0.15, 0.2) is 0 Å². The van der Waals surface area contributed by atoms with Gasteiger partial charge in [-0.25, -0.2) is 0 Å². The molecule has 8 aromatic rings. The van der Waals surface area contributed by atoms with Crippen molar-refractivity contribution >= 4 is 58.4 Å². The minimum atomic E-state index is 0.821. The van der Waals surface area contributed by atoms with E-state index in [1.807, 2.05) is 24.3 Å². The van der Waals surface area contributed by atoms with E-state index in [0.717, 1.165) is 78.3 Å². The second kappa shape index (κ2) is 18.0. The topological polar surface area (TPSA) is 18.5 Å². The lowest BCUT2D eigenvalue weighted by atomic mass is 9.95. The number of benzene rings is 8. The van der Waals surface area contributed by atoms with Crippen molar-refractivity contribution in [2.75, 3.05) is 14.2 Å². The van der Waals surface area contributed by atoms with Crippen LogP contribution in [0.3, 0.4) is 0 Å². The molecule has 0 aliphatic heterocycles. The summed E-state index contributed by atoms with van der Waals surface area (Å²) in [5, 5.41) is 2.38. The molecule has 8 rings (SSSR count). The van der Waals surface area contributed by atoms with Gasteiger partial charge in [-0.05, 0) is 103 Å². The SMILES string of the molecule is COc1cc(/C=C\c2cc(/C=C\c3ccc(C=C(c4ccccc4)c4ccccc4)c(OC)c3)c3ccccc3c2)ccc1C=C(c1ccccc1)c1ccccc1. The Hall–Kier alpha value is -7.42. The lowest BCUT2D eigenvalue weighted by Crippen LogP contribution is -1.92. The van der Waals surface area contributed by atoms with Crippen LogP contribution in [0.4, 0.5) is 0 Å². The van der Waals surface area contributed by atoms with Gasteiger partial charge in [0, 0.05) is 11.1 Å². The van der Waals surface area contributed by atoms with Gasteiger partial charge in [-0.15, -0.1) is 0 Å². The van der Waals surface area contributed by atoms with E-state index in [4.69, 9.17) is 9.47 Å². The minimum Gasteiger partial charge on any atom is -0.496 e. The summed E-state index contributed by atoms with van der Waals surface area (Å²) in [7, 11) is 3.47. The summed E-state index contributed by atoms with van der Waals surface area (Å²) in [6.45, 7) is 0. The van der Waals surface area contributed by atoms with Gasteiger partial charge in [0.1, 0.15) is 11.5 Å². The molecule has 0 bridgehead atoms. The van der Waals surface area contributed by atoms with Crippen LogP contribution in [0.2, 0.25) is 0 Å². The molecule has 2 nitrogen and oxygen atoms in total. The molecule has 2 heteroatoms. The molecule has 0 heterocycles. The van der Waals surface area contributed by atoms with Crippen LogP contribution >= 0.6 is 0 Å². The Kier molecular flexibility index (Phi) is 11.7. The van der Waals surface area contributed by atoms with E-state index in [1.165, 1.54) is 10.8 Å². The van der Waals surface area contributed by atoms with Gasteiger partial charge < -0.3 is 9.47 Å². The number of fused-ring (bicyclic) bond motifs is 1. The van der Waals surface area contributed by atoms with E-state index < -0.39 is 0 Å². The van der Waals surface area contributed by atoms with E-state index in [1.54, 1.807) is 14.2 Å². The molecule has 0 aliphatic carbocycles. The van der Waals surface area contributed by atoms with Crippen molar-refractivity contribution in [2.24, 2.45) is 0 Å². The average Bonchev–Trinajstić information content (AvgIpc) is 3.30. The molecule has 0 unspecified atom stereocenters. The third-order valence-electron chi connectivity index (χ3n) is 10.3. The van der Waals surface area contributed by atoms with E-state index in [-0.39, 0.29) is 0 Å². The summed E-state index contributed by atoms with van der Waals surface area (Å²) < 4.78 is 11.9. The van der Waals surface area contributed by atoms with Gasteiger partial charge in [0.2, 0.25) is 0 Å². The Morgan fingerprint density at radius 3 is 1.19 bits per heavy atom. The third kappa shape index (κ3) is 8.83. The van der Waals surface area contributed by atoms with Crippen molar-refractivity contribution in [1.29, 1.82) is 0 Å².